The van der Waals surface area contributed by atoms with Gasteiger partial charge in [-0.25, -0.2) is 9.37 Å². The van der Waals surface area contributed by atoms with E-state index in [4.69, 9.17) is 4.74 Å². The lowest BCUT2D eigenvalue weighted by Crippen LogP contribution is -2.01. The minimum Gasteiger partial charge on any atom is -0.494 e. The van der Waals surface area contributed by atoms with Crippen molar-refractivity contribution in [1.29, 1.82) is 0 Å². The van der Waals surface area contributed by atoms with Crippen LogP contribution in [0.1, 0.15) is 24.6 Å². The maximum absolute atomic E-state index is 13.4. The molecule has 0 aliphatic heterocycles. The Morgan fingerprint density at radius 2 is 2.21 bits per heavy atom. The molecule has 0 unspecified atom stereocenters. The van der Waals surface area contributed by atoms with E-state index in [9.17, 15) is 4.39 Å². The molecule has 1 aliphatic carbocycles. The average Bonchev–Trinajstić information content (AvgIpc) is 3.17. The van der Waals surface area contributed by atoms with E-state index >= 15 is 0 Å². The first-order valence-corrected chi connectivity index (χ1v) is 6.33. The first kappa shape index (κ1) is 12.0. The van der Waals surface area contributed by atoms with Crippen molar-refractivity contribution in [2.24, 2.45) is 0 Å². The predicted molar refractivity (Wildman–Crippen MR) is 71.5 cm³/mol. The third-order valence-corrected chi connectivity index (χ3v) is 3.20. The van der Waals surface area contributed by atoms with Crippen LogP contribution in [0.25, 0.3) is 0 Å². The number of halogens is 1. The van der Waals surface area contributed by atoms with Crippen LogP contribution in [0.5, 0.6) is 5.75 Å². The molecular formula is C14H16FN3O. The van der Waals surface area contributed by atoms with Crippen molar-refractivity contribution in [3.63, 3.8) is 0 Å². The van der Waals surface area contributed by atoms with Gasteiger partial charge < -0.3 is 14.6 Å². The number of aromatic nitrogens is 2. The molecule has 0 saturated heterocycles. The molecule has 0 amide bonds. The van der Waals surface area contributed by atoms with Gasteiger partial charge in [0.2, 0.25) is 5.95 Å². The summed E-state index contributed by atoms with van der Waals surface area (Å²) in [6.07, 6.45) is 4.43. The molecule has 1 aliphatic rings. The highest BCUT2D eigenvalue weighted by Gasteiger charge is 2.26. The Morgan fingerprint density at radius 3 is 2.89 bits per heavy atom. The fraction of sp³-hybridized carbons (Fsp3) is 0.357. The molecule has 19 heavy (non-hydrogen) atoms. The highest BCUT2D eigenvalue weighted by atomic mass is 19.1. The summed E-state index contributed by atoms with van der Waals surface area (Å²) in [6, 6.07) is 5.25. The zero-order chi connectivity index (χ0) is 13.4. The SMILES string of the molecule is COc1cc(Nc2nc(C)cn2C2CC2)ccc1F. The first-order chi connectivity index (χ1) is 9.17. The smallest absolute Gasteiger partial charge is 0.207 e. The Morgan fingerprint density at radius 1 is 1.42 bits per heavy atom. The summed E-state index contributed by atoms with van der Waals surface area (Å²) in [7, 11) is 1.46. The van der Waals surface area contributed by atoms with Gasteiger partial charge in [0.15, 0.2) is 11.6 Å². The number of hydrogen-bond acceptors (Lipinski definition) is 3. The van der Waals surface area contributed by atoms with Crippen molar-refractivity contribution in [2.45, 2.75) is 25.8 Å². The molecule has 0 radical (unpaired) electrons. The van der Waals surface area contributed by atoms with Crippen molar-refractivity contribution in [2.75, 3.05) is 12.4 Å². The summed E-state index contributed by atoms with van der Waals surface area (Å²) in [5.41, 5.74) is 1.74. The van der Waals surface area contributed by atoms with Gasteiger partial charge in [-0.3, -0.25) is 0 Å². The van der Waals surface area contributed by atoms with Gasteiger partial charge in [0.1, 0.15) is 0 Å². The number of methoxy groups -OCH3 is 1. The van der Waals surface area contributed by atoms with E-state index in [2.05, 4.69) is 14.9 Å². The monoisotopic (exact) mass is 261 g/mol. The fourth-order valence-electron chi connectivity index (χ4n) is 2.11. The molecule has 4 nitrogen and oxygen atoms in total. The van der Waals surface area contributed by atoms with Gasteiger partial charge in [-0.2, -0.15) is 0 Å². The van der Waals surface area contributed by atoms with Gasteiger partial charge in [0.25, 0.3) is 0 Å². The Bertz CT molecular complexity index is 605. The molecule has 100 valence electrons. The number of nitrogens with zero attached hydrogens (tertiary/aromatic N) is 2. The zero-order valence-corrected chi connectivity index (χ0v) is 11.0. The van der Waals surface area contributed by atoms with E-state index in [1.165, 1.54) is 26.0 Å². The van der Waals surface area contributed by atoms with Crippen LogP contribution in [0.4, 0.5) is 16.0 Å². The van der Waals surface area contributed by atoms with Gasteiger partial charge in [-0.1, -0.05) is 0 Å². The van der Waals surface area contributed by atoms with Crippen molar-refractivity contribution in [3.8, 4) is 5.75 Å². The van der Waals surface area contributed by atoms with Crippen LogP contribution >= 0.6 is 0 Å². The summed E-state index contributed by atoms with van der Waals surface area (Å²) in [5.74, 6) is 0.662. The second kappa shape index (κ2) is 4.57. The lowest BCUT2D eigenvalue weighted by Gasteiger charge is -2.10. The molecule has 1 fully saturated rings. The Labute approximate surface area is 111 Å². The third-order valence-electron chi connectivity index (χ3n) is 3.20. The van der Waals surface area contributed by atoms with Crippen molar-refractivity contribution >= 4 is 11.6 Å². The second-order valence-electron chi connectivity index (χ2n) is 4.82. The molecule has 1 N–H and O–H groups in total. The molecule has 0 bridgehead atoms. The number of hydrogen-bond donors (Lipinski definition) is 1. The van der Waals surface area contributed by atoms with E-state index in [1.54, 1.807) is 12.1 Å². The van der Waals surface area contributed by atoms with Crippen LogP contribution in [0.15, 0.2) is 24.4 Å². The van der Waals surface area contributed by atoms with Crippen molar-refractivity contribution in [3.05, 3.63) is 35.9 Å². The summed E-state index contributed by atoms with van der Waals surface area (Å²) in [5, 5.41) is 3.22. The Kier molecular flexibility index (Phi) is 2.89. The second-order valence-corrected chi connectivity index (χ2v) is 4.82. The number of benzene rings is 1. The standard InChI is InChI=1S/C14H16FN3O/c1-9-8-18(11-4-5-11)14(16-9)17-10-3-6-12(15)13(7-10)19-2/h3,6-8,11H,4-5H2,1-2H3,(H,16,17). The molecule has 1 saturated carbocycles. The van der Waals surface area contributed by atoms with Crippen LogP contribution in [-0.2, 0) is 0 Å². The third kappa shape index (κ3) is 2.41. The molecule has 1 aromatic heterocycles. The zero-order valence-electron chi connectivity index (χ0n) is 11.0. The maximum Gasteiger partial charge on any atom is 0.207 e. The van der Waals surface area contributed by atoms with Gasteiger partial charge in [-0.15, -0.1) is 0 Å². The quantitative estimate of drug-likeness (QED) is 0.916. The van der Waals surface area contributed by atoms with Gasteiger partial charge in [-0.05, 0) is 31.9 Å². The number of anilines is 2. The summed E-state index contributed by atoms with van der Waals surface area (Å²) >= 11 is 0. The highest BCUT2D eigenvalue weighted by molar-refractivity contribution is 5.57. The van der Waals surface area contributed by atoms with Crippen LogP contribution < -0.4 is 10.1 Å². The highest BCUT2D eigenvalue weighted by Crippen LogP contribution is 2.38. The van der Waals surface area contributed by atoms with E-state index in [0.717, 1.165) is 17.3 Å². The van der Waals surface area contributed by atoms with Crippen molar-refractivity contribution in [1.82, 2.24) is 9.55 Å². The topological polar surface area (TPSA) is 39.1 Å². The molecule has 0 spiro atoms. The molecule has 2 aromatic rings. The first-order valence-electron chi connectivity index (χ1n) is 6.33. The van der Waals surface area contributed by atoms with Gasteiger partial charge in [0, 0.05) is 24.0 Å². The summed E-state index contributed by atoms with van der Waals surface area (Å²) in [4.78, 5) is 4.46. The summed E-state index contributed by atoms with van der Waals surface area (Å²) in [6.45, 7) is 1.97. The van der Waals surface area contributed by atoms with Crippen LogP contribution in [0, 0.1) is 12.7 Å². The van der Waals surface area contributed by atoms with E-state index < -0.39 is 0 Å². The summed E-state index contributed by atoms with van der Waals surface area (Å²) < 4.78 is 20.5. The van der Waals surface area contributed by atoms with Crippen LogP contribution in [0.3, 0.4) is 0 Å². The van der Waals surface area contributed by atoms with Gasteiger partial charge >= 0.3 is 0 Å². The number of imidazole rings is 1. The number of rotatable bonds is 4. The van der Waals surface area contributed by atoms with Gasteiger partial charge in [0.05, 0.1) is 12.8 Å². The Balaban J connectivity index is 1.88. The lowest BCUT2D eigenvalue weighted by atomic mass is 10.3. The Hall–Kier alpha value is -2.04. The predicted octanol–water partition coefficient (Wildman–Crippen LogP) is 3.42. The number of ether oxygens (including phenoxy) is 1. The fourth-order valence-corrected chi connectivity index (χ4v) is 2.11. The lowest BCUT2D eigenvalue weighted by molar-refractivity contribution is 0.387. The average molecular weight is 261 g/mol. The molecule has 0 atom stereocenters. The van der Waals surface area contributed by atoms with E-state index in [0.29, 0.717) is 6.04 Å². The largest absolute Gasteiger partial charge is 0.494 e. The van der Waals surface area contributed by atoms with E-state index in [1.807, 2.05) is 13.1 Å². The number of nitrogens with one attached hydrogen (secondary N) is 1. The molecular weight excluding hydrogens is 245 g/mol. The molecule has 1 aromatic carbocycles. The minimum atomic E-state index is -0.366. The molecule has 5 heteroatoms. The molecule has 3 rings (SSSR count). The maximum atomic E-state index is 13.4. The number of aryl methyl sites for hydroxylation is 1. The molecule has 1 heterocycles. The normalized spacial score (nSPS) is 14.5. The van der Waals surface area contributed by atoms with Crippen LogP contribution in [-0.4, -0.2) is 16.7 Å². The van der Waals surface area contributed by atoms with Crippen LogP contribution in [0.2, 0.25) is 0 Å². The minimum absolute atomic E-state index is 0.228. The van der Waals surface area contributed by atoms with E-state index in [-0.39, 0.29) is 11.6 Å². The van der Waals surface area contributed by atoms with Crippen molar-refractivity contribution < 1.29 is 9.13 Å².